The lowest BCUT2D eigenvalue weighted by Crippen LogP contribution is -2.43. The molecule has 0 aromatic rings. The third-order valence-electron chi connectivity index (χ3n) is 20.5. The maximum Gasteiger partial charge on any atom is 0.546 e. The average molecular weight is 1980 g/mol. The molecule has 0 aliphatic rings. The number of rotatable bonds is 48. The molecule has 0 aliphatic carbocycles. The lowest BCUT2D eigenvalue weighted by atomic mass is 10.1. The Morgan fingerprint density at radius 2 is 0.629 bits per heavy atom. The van der Waals surface area contributed by atoms with E-state index in [9.17, 15) is 0 Å². The molecule has 124 heavy (non-hydrogen) atoms. The van der Waals surface area contributed by atoms with Gasteiger partial charge in [-0.15, -0.1) is 0 Å². The predicted molar refractivity (Wildman–Crippen MR) is 591 cm³/mol. The SMILES string of the molecule is CC(/C=C(/C)[N](C(C)C)[Al]([Cl])[CH](C)C)=NC(C)C.CCC(/C=C(/CC)[N](C(C)C)[Al]([Cl])[CH](C)C)=NC(C)C.CCC(/C=C(/CC)[N](C(C)CC)[Al]([Cl])[CH](C)C)=NC(C)CC.CCC(/C=C(/CC)[N](C)[Al]([Cl])[CH](C)C)=NC.CCN=C(/C=C(/CC)[N](CC)[Al]([Cl])[CH](C)C)CC.CCN=C(C)/C=C(/C)[N](CC)[Al]([Cl])[CH](C)C.CN=C(C)/C=C(/C)[N](C)[Al]([Cl])[CH](C)C. The first-order valence-corrected chi connectivity index (χ1v) is 68.3. The molecule has 0 bridgehead atoms. The summed E-state index contributed by atoms with van der Waals surface area (Å²) in [6, 6.07) is 2.50. The standard InChI is InChI=1S/C15H29N2.C13H25N2.2C11H21N2.2C9H17N2.C7H13N2.7C3H7.7Al.7ClH/c1-7-12(5)16-14(9-3)11-15(10-4)17-13(6)8-2;1-7-12(14-10(3)4)9-13(8-2)15-11(5)6;1-8(2)12-10(5)7-11(6)13-9(3)4;1-5-10(12-7-3)9-11(6-2)13-8-4;1-5-8(10-3)7-9(6-2)11-4;1-5-10-8(3)7-9(4)11-6-2;1-6(8-3)5-7(2)9-4;7*1-3-2;;;;;;;;;;;;;;/h11-13H,7-10H2,1-6H3;9-11H,7-8H2,1-6H3;7-9H,1-6H3;9H,5-8H2,1-4H3;2*7H,5-6H2,1-4H3;5H,1-4H3;7*3H,1-2H3;;;;;;;;7*1H/q7*-1;;;;;;;;7*+2;;;;;;;/p-7/b14-11-,17-15?;12-9-,15-13?;10-7-,13-11?;10-9-,13-11?;2*8-7-,11-9?;6-5-,9-7?;;;;;;;;;;;;;;;;;;;;;. The molecule has 0 N–H and O–H groups in total. The Morgan fingerprint density at radius 1 is 0.290 bits per heavy atom. The highest BCUT2D eigenvalue weighted by atomic mass is 35.6. The Hall–Kier alpha value is 0.227. The van der Waals surface area contributed by atoms with Crippen molar-refractivity contribution in [2.45, 2.75) is 439 Å². The predicted octanol–water partition coefficient (Wildman–Crippen LogP) is 31.5. The van der Waals surface area contributed by atoms with Crippen LogP contribution in [0.3, 0.4) is 0 Å². The molecule has 0 saturated carbocycles. The Labute approximate surface area is 833 Å². The van der Waals surface area contributed by atoms with Gasteiger partial charge in [0.2, 0.25) is 0 Å². The minimum atomic E-state index is -1.47. The topological polar surface area (TPSA) is 109 Å². The minimum absolute atomic E-state index is 0.343. The van der Waals surface area contributed by atoms with E-state index in [1.165, 1.54) is 57.0 Å². The normalized spacial score (nSPS) is 13.9. The summed E-state index contributed by atoms with van der Waals surface area (Å²) in [5.41, 5.74) is 17.0. The molecule has 2 unspecified atom stereocenters. The smallest absolute Gasteiger partial charge is 0.456 e. The highest BCUT2D eigenvalue weighted by Crippen LogP contribution is 2.30. The molecule has 0 aliphatic heterocycles. The van der Waals surface area contributed by atoms with Crippen LogP contribution in [0.4, 0.5) is 0 Å². The van der Waals surface area contributed by atoms with Gasteiger partial charge in [-0.3, -0.25) is 34.9 Å². The quantitative estimate of drug-likeness (QED) is 0.0441. The molecular formula is C96H192Al7Cl7N14. The zero-order valence-corrected chi connectivity index (χ0v) is 103. The lowest BCUT2D eigenvalue weighted by Gasteiger charge is -2.37. The second kappa shape index (κ2) is 80.5. The van der Waals surface area contributed by atoms with E-state index in [-0.39, 0.29) is 0 Å². The molecule has 0 aromatic heterocycles. The number of hydrogen-bond donors (Lipinski definition) is 0. The van der Waals surface area contributed by atoms with Crippen LogP contribution in [0.1, 0.15) is 369 Å². The molecule has 0 rings (SSSR count). The fourth-order valence-electron chi connectivity index (χ4n) is 12.9. The number of halogens is 7. The summed E-state index contributed by atoms with van der Waals surface area (Å²) < 4.78 is 20.6. The summed E-state index contributed by atoms with van der Waals surface area (Å²) in [6.07, 6.45) is 25.6. The van der Waals surface area contributed by atoms with Crippen molar-refractivity contribution in [1.29, 1.82) is 0 Å². The highest BCUT2D eigenvalue weighted by Gasteiger charge is 2.36. The zero-order chi connectivity index (χ0) is 98.5. The maximum atomic E-state index is 6.87. The first kappa shape index (κ1) is 137. The van der Waals surface area contributed by atoms with Crippen molar-refractivity contribution in [1.82, 2.24) is 27.2 Å². The fraction of sp³-hybridized carbons (Fsp3) is 0.781. The molecule has 2 atom stereocenters. The maximum absolute atomic E-state index is 6.87. The van der Waals surface area contributed by atoms with Crippen LogP contribution in [-0.2, 0) is 0 Å². The molecule has 0 radical (unpaired) electrons. The van der Waals surface area contributed by atoms with Gasteiger partial charge in [-0.05, 0) is 312 Å². The van der Waals surface area contributed by atoms with Crippen LogP contribution in [0.5, 0.6) is 0 Å². The molecule has 0 spiro atoms. The number of hydrogen-bond acceptors (Lipinski definition) is 14. The lowest BCUT2D eigenvalue weighted by molar-refractivity contribution is 0.392. The van der Waals surface area contributed by atoms with Crippen LogP contribution in [0.25, 0.3) is 0 Å². The van der Waals surface area contributed by atoms with Crippen molar-refractivity contribution >= 4 is 204 Å². The molecule has 0 fully saturated rings. The van der Waals surface area contributed by atoms with Gasteiger partial charge in [0.1, 0.15) is 0 Å². The molecule has 0 aromatic carbocycles. The molecule has 0 heterocycles. The molecule has 28 heteroatoms. The van der Waals surface area contributed by atoms with Gasteiger partial charge in [0.05, 0.1) is 0 Å². The van der Waals surface area contributed by atoms with Crippen LogP contribution in [-0.4, -0.2) is 252 Å². The Morgan fingerprint density at radius 3 is 0.960 bits per heavy atom. The largest absolute Gasteiger partial charge is 0.546 e. The monoisotopic (exact) mass is 1980 g/mol. The van der Waals surface area contributed by atoms with E-state index < -0.39 is 94.1 Å². The van der Waals surface area contributed by atoms with E-state index in [1.54, 1.807) is 7.05 Å². The fourth-order valence-corrected chi connectivity index (χ4v) is 29.9. The van der Waals surface area contributed by atoms with E-state index >= 15 is 0 Å². The zero-order valence-electron chi connectivity index (χ0n) is 89.4. The first-order valence-electron chi connectivity index (χ1n) is 47.8. The van der Waals surface area contributed by atoms with Crippen molar-refractivity contribution in [3.63, 3.8) is 0 Å². The summed E-state index contributed by atoms with van der Waals surface area (Å²) in [5, 5.41) is 0. The number of allylic oxidation sites excluding steroid dienone is 14. The van der Waals surface area contributed by atoms with Gasteiger partial charge in [-0.1, -0.05) is 200 Å². The third kappa shape index (κ3) is 62.0. The van der Waals surface area contributed by atoms with Crippen molar-refractivity contribution in [3.8, 4) is 0 Å². The first-order chi connectivity index (χ1) is 57.5. The van der Waals surface area contributed by atoms with Crippen molar-refractivity contribution < 1.29 is 0 Å². The van der Waals surface area contributed by atoms with Crippen LogP contribution in [0, 0.1) is 0 Å². The van der Waals surface area contributed by atoms with Crippen LogP contribution in [0.15, 0.2) is 117 Å². The molecular weight excluding hydrogens is 1790 g/mol. The van der Waals surface area contributed by atoms with Gasteiger partial charge in [0.15, 0.2) is 0 Å². The summed E-state index contributed by atoms with van der Waals surface area (Å²) >= 11 is -9.71. The van der Waals surface area contributed by atoms with Crippen molar-refractivity contribution in [2.24, 2.45) is 34.9 Å². The summed E-state index contributed by atoms with van der Waals surface area (Å²) in [7, 11) is 54.1. The average Bonchev–Trinajstić information content (AvgIpc) is 0.839. The van der Waals surface area contributed by atoms with Crippen LogP contribution in [0.2, 0.25) is 33.5 Å². The van der Waals surface area contributed by atoms with Crippen LogP contribution < -0.4 is 0 Å². The van der Waals surface area contributed by atoms with Gasteiger partial charge in [0, 0.05) is 103 Å². The van der Waals surface area contributed by atoms with E-state index in [0.717, 1.165) is 113 Å². The van der Waals surface area contributed by atoms with Crippen LogP contribution >= 0.6 is 70.3 Å². The number of aliphatic imine (C=N–C) groups is 7. The second-order valence-electron chi connectivity index (χ2n) is 35.6. The Balaban J connectivity index is -0.000000259. The molecule has 0 saturated heterocycles. The summed E-state index contributed by atoms with van der Waals surface area (Å²) in [4.78, 5) is 31.4. The van der Waals surface area contributed by atoms with Gasteiger partial charge >= 0.3 is 94.1 Å². The summed E-state index contributed by atoms with van der Waals surface area (Å²) in [5.74, 6) is 0. The highest BCUT2D eigenvalue weighted by molar-refractivity contribution is 7.08. The van der Waals surface area contributed by atoms with Gasteiger partial charge in [0.25, 0.3) is 0 Å². The van der Waals surface area contributed by atoms with E-state index in [0.29, 0.717) is 69.7 Å². The van der Waals surface area contributed by atoms with E-state index in [2.05, 4.69) is 400 Å². The second-order valence-corrected chi connectivity index (χ2v) is 64.0. The molecule has 0 amide bonds. The third-order valence-corrected chi connectivity index (χ3v) is 53.1. The van der Waals surface area contributed by atoms with Crippen molar-refractivity contribution in [3.05, 3.63) is 82.4 Å². The Bertz CT molecular complexity index is 3220. The number of nitrogens with zero attached hydrogens (tertiary/aromatic N) is 14. The van der Waals surface area contributed by atoms with Gasteiger partial charge in [-0.2, -0.15) is 0 Å². The van der Waals surface area contributed by atoms with Crippen molar-refractivity contribution in [2.75, 3.05) is 54.4 Å². The van der Waals surface area contributed by atoms with Gasteiger partial charge in [-0.25, -0.2) is 70.3 Å². The minimum Gasteiger partial charge on any atom is -0.456 e. The summed E-state index contributed by atoms with van der Waals surface area (Å²) in [6.45, 7) is 99.3. The molecule has 716 valence electrons. The van der Waals surface area contributed by atoms with E-state index in [4.69, 9.17) is 80.3 Å². The van der Waals surface area contributed by atoms with E-state index in [1.807, 2.05) is 20.9 Å². The van der Waals surface area contributed by atoms with Gasteiger partial charge < -0.3 is 27.2 Å². The Kier molecular flexibility index (Phi) is 89.1. The molecule has 14 nitrogen and oxygen atoms in total.